The van der Waals surface area contributed by atoms with E-state index in [-0.39, 0.29) is 0 Å². The molecule has 1 heterocycles. The summed E-state index contributed by atoms with van der Waals surface area (Å²) in [5, 5.41) is 6.62. The minimum absolute atomic E-state index is 0.308. The van der Waals surface area contributed by atoms with Crippen LogP contribution in [0.3, 0.4) is 0 Å². The van der Waals surface area contributed by atoms with Crippen LogP contribution in [-0.4, -0.2) is 25.0 Å². The maximum atomic E-state index is 12.3. The van der Waals surface area contributed by atoms with E-state index in [2.05, 4.69) is 31.4 Å². The van der Waals surface area contributed by atoms with Gasteiger partial charge in [0.15, 0.2) is 0 Å². The van der Waals surface area contributed by atoms with Gasteiger partial charge in [-0.15, -0.1) is 0 Å². The summed E-state index contributed by atoms with van der Waals surface area (Å²) in [6, 6.07) is 0.339. The third kappa shape index (κ3) is 3.95. The predicted molar refractivity (Wildman–Crippen MR) is 78.9 cm³/mol. The number of nitrogens with one attached hydrogen (secondary N) is 2. The van der Waals surface area contributed by atoms with E-state index < -0.39 is 0 Å². The van der Waals surface area contributed by atoms with Gasteiger partial charge in [-0.2, -0.15) is 0 Å². The van der Waals surface area contributed by atoms with Crippen molar-refractivity contribution in [2.45, 2.75) is 65.3 Å². The Bertz CT molecular complexity index is 308. The van der Waals surface area contributed by atoms with Crippen molar-refractivity contribution < 1.29 is 4.79 Å². The van der Waals surface area contributed by atoms with Crippen molar-refractivity contribution in [3.05, 3.63) is 0 Å². The summed E-state index contributed by atoms with van der Waals surface area (Å²) in [6.45, 7) is 8.85. The first kappa shape index (κ1) is 14.8. The van der Waals surface area contributed by atoms with Crippen molar-refractivity contribution in [3.8, 4) is 0 Å². The number of hydrogen-bond acceptors (Lipinski definition) is 2. The Morgan fingerprint density at radius 3 is 2.58 bits per heavy atom. The molecule has 0 radical (unpaired) electrons. The van der Waals surface area contributed by atoms with Crippen LogP contribution < -0.4 is 10.6 Å². The maximum Gasteiger partial charge on any atom is 0.223 e. The molecular weight excluding hydrogens is 236 g/mol. The lowest BCUT2D eigenvalue weighted by Crippen LogP contribution is -2.37. The van der Waals surface area contributed by atoms with E-state index in [1.54, 1.807) is 0 Å². The average Bonchev–Trinajstić information content (AvgIpc) is 3.03. The van der Waals surface area contributed by atoms with E-state index in [4.69, 9.17) is 0 Å². The molecule has 2 N–H and O–H groups in total. The molecule has 0 bridgehead atoms. The Morgan fingerprint density at radius 2 is 1.95 bits per heavy atom. The highest BCUT2D eigenvalue weighted by molar-refractivity contribution is 5.82. The first-order valence-electron chi connectivity index (χ1n) is 8.04. The zero-order valence-electron chi connectivity index (χ0n) is 12.8. The maximum absolute atomic E-state index is 12.3. The molecule has 1 aliphatic carbocycles. The fourth-order valence-corrected chi connectivity index (χ4v) is 3.44. The summed E-state index contributed by atoms with van der Waals surface area (Å²) in [7, 11) is 0. The molecule has 0 aromatic carbocycles. The highest BCUT2D eigenvalue weighted by atomic mass is 16.2. The Labute approximate surface area is 117 Å². The molecule has 1 saturated carbocycles. The minimum Gasteiger partial charge on any atom is -0.353 e. The van der Waals surface area contributed by atoms with Crippen molar-refractivity contribution >= 4 is 5.91 Å². The summed E-state index contributed by atoms with van der Waals surface area (Å²) < 4.78 is 0. The lowest BCUT2D eigenvalue weighted by Gasteiger charge is -2.23. The minimum atomic E-state index is 0.308. The summed E-state index contributed by atoms with van der Waals surface area (Å²) >= 11 is 0. The number of rotatable bonds is 6. The molecule has 1 saturated heterocycles. The Kier molecular flexibility index (Phi) is 4.88. The van der Waals surface area contributed by atoms with Crippen molar-refractivity contribution in [1.82, 2.24) is 10.6 Å². The molecule has 2 unspecified atom stereocenters. The summed E-state index contributed by atoms with van der Waals surface area (Å²) in [5.74, 6) is 1.39. The molecule has 1 aliphatic heterocycles. The number of amides is 1. The standard InChI is InChI=1S/C16H30N2O/c1-12(2)5-4-6-13(3)18-15(19)14-11-16(14)7-9-17-10-8-16/h12-14,17H,4-11H2,1-3H3,(H,18,19). The largest absolute Gasteiger partial charge is 0.353 e. The predicted octanol–water partition coefficient (Wildman–Crippen LogP) is 2.71. The second-order valence-electron chi connectivity index (χ2n) is 7.10. The van der Waals surface area contributed by atoms with Gasteiger partial charge in [-0.05, 0) is 57.0 Å². The van der Waals surface area contributed by atoms with Crippen molar-refractivity contribution in [2.75, 3.05) is 13.1 Å². The molecule has 19 heavy (non-hydrogen) atoms. The highest BCUT2D eigenvalue weighted by Crippen LogP contribution is 2.58. The smallest absolute Gasteiger partial charge is 0.223 e. The van der Waals surface area contributed by atoms with Crippen molar-refractivity contribution in [2.24, 2.45) is 17.3 Å². The number of carbonyl (C=O) groups excluding carboxylic acids is 1. The molecule has 2 fully saturated rings. The molecule has 2 aliphatic rings. The number of carbonyl (C=O) groups is 1. The molecule has 2 rings (SSSR count). The van der Waals surface area contributed by atoms with Gasteiger partial charge >= 0.3 is 0 Å². The normalized spacial score (nSPS) is 26.4. The molecule has 0 aromatic heterocycles. The van der Waals surface area contributed by atoms with Crippen LogP contribution in [0.5, 0.6) is 0 Å². The van der Waals surface area contributed by atoms with Gasteiger partial charge < -0.3 is 10.6 Å². The Hall–Kier alpha value is -0.570. The van der Waals surface area contributed by atoms with Crippen LogP contribution >= 0.6 is 0 Å². The van der Waals surface area contributed by atoms with Gasteiger partial charge in [-0.3, -0.25) is 4.79 Å². The zero-order chi connectivity index (χ0) is 13.9. The molecule has 110 valence electrons. The van der Waals surface area contributed by atoms with Crippen LogP contribution in [0.2, 0.25) is 0 Å². The van der Waals surface area contributed by atoms with Crippen LogP contribution in [0.15, 0.2) is 0 Å². The molecule has 3 nitrogen and oxygen atoms in total. The van der Waals surface area contributed by atoms with Gasteiger partial charge in [-0.25, -0.2) is 0 Å². The van der Waals surface area contributed by atoms with E-state index >= 15 is 0 Å². The number of hydrogen-bond donors (Lipinski definition) is 2. The van der Waals surface area contributed by atoms with Crippen LogP contribution in [-0.2, 0) is 4.79 Å². The topological polar surface area (TPSA) is 41.1 Å². The second-order valence-corrected chi connectivity index (χ2v) is 7.10. The average molecular weight is 266 g/mol. The molecular formula is C16H30N2O. The summed E-state index contributed by atoms with van der Waals surface area (Å²) in [4.78, 5) is 12.3. The van der Waals surface area contributed by atoms with Crippen LogP contribution in [0.4, 0.5) is 0 Å². The van der Waals surface area contributed by atoms with E-state index in [0.29, 0.717) is 23.3 Å². The van der Waals surface area contributed by atoms with E-state index in [9.17, 15) is 4.79 Å². The van der Waals surface area contributed by atoms with Crippen molar-refractivity contribution in [1.29, 1.82) is 0 Å². The quantitative estimate of drug-likeness (QED) is 0.776. The fourth-order valence-electron chi connectivity index (χ4n) is 3.44. The Balaban J connectivity index is 1.67. The van der Waals surface area contributed by atoms with Gasteiger partial charge in [0.2, 0.25) is 5.91 Å². The van der Waals surface area contributed by atoms with Crippen molar-refractivity contribution in [3.63, 3.8) is 0 Å². The molecule has 1 spiro atoms. The van der Waals surface area contributed by atoms with E-state index in [1.807, 2.05) is 0 Å². The van der Waals surface area contributed by atoms with Gasteiger partial charge in [0.25, 0.3) is 0 Å². The van der Waals surface area contributed by atoms with Gasteiger partial charge in [0, 0.05) is 12.0 Å². The highest BCUT2D eigenvalue weighted by Gasteiger charge is 2.57. The van der Waals surface area contributed by atoms with Gasteiger partial charge in [0.05, 0.1) is 0 Å². The van der Waals surface area contributed by atoms with Crippen LogP contribution in [0.1, 0.15) is 59.3 Å². The Morgan fingerprint density at radius 1 is 1.26 bits per heavy atom. The van der Waals surface area contributed by atoms with Crippen LogP contribution in [0, 0.1) is 17.3 Å². The first-order chi connectivity index (χ1) is 9.03. The number of piperidine rings is 1. The third-order valence-electron chi connectivity index (χ3n) is 4.91. The van der Waals surface area contributed by atoms with E-state index in [0.717, 1.165) is 31.8 Å². The first-order valence-corrected chi connectivity index (χ1v) is 8.04. The lowest BCUT2D eigenvalue weighted by molar-refractivity contribution is -0.123. The zero-order valence-corrected chi connectivity index (χ0v) is 12.8. The SMILES string of the molecule is CC(C)CCCC(C)NC(=O)C1CC12CCNCC2. The second kappa shape index (κ2) is 6.25. The van der Waals surface area contributed by atoms with Gasteiger partial charge in [-0.1, -0.05) is 26.7 Å². The van der Waals surface area contributed by atoms with E-state index in [1.165, 1.54) is 25.7 Å². The van der Waals surface area contributed by atoms with Gasteiger partial charge in [0.1, 0.15) is 0 Å². The molecule has 3 heteroatoms. The summed E-state index contributed by atoms with van der Waals surface area (Å²) in [6.07, 6.45) is 7.10. The molecule has 1 amide bonds. The van der Waals surface area contributed by atoms with Crippen LogP contribution in [0.25, 0.3) is 0 Å². The molecule has 0 aromatic rings. The molecule has 2 atom stereocenters. The lowest BCUT2D eigenvalue weighted by atomic mass is 9.91. The summed E-state index contributed by atoms with van der Waals surface area (Å²) in [5.41, 5.74) is 0.368. The fraction of sp³-hybridized carbons (Fsp3) is 0.938. The third-order valence-corrected chi connectivity index (χ3v) is 4.91. The monoisotopic (exact) mass is 266 g/mol.